The van der Waals surface area contributed by atoms with Crippen LogP contribution in [0.2, 0.25) is 0 Å². The Morgan fingerprint density at radius 1 is 1.40 bits per heavy atom. The van der Waals surface area contributed by atoms with Crippen LogP contribution in [0.3, 0.4) is 0 Å². The first kappa shape index (κ1) is 12.5. The summed E-state index contributed by atoms with van der Waals surface area (Å²) in [4.78, 5) is 13.6. The van der Waals surface area contributed by atoms with Gasteiger partial charge in [0.15, 0.2) is 0 Å². The van der Waals surface area contributed by atoms with E-state index in [1.54, 1.807) is 0 Å². The summed E-state index contributed by atoms with van der Waals surface area (Å²) in [5.74, 6) is 0.707. The number of carbonyl (C=O) groups is 1. The molecule has 0 bridgehead atoms. The van der Waals surface area contributed by atoms with Crippen LogP contribution < -0.4 is 5.73 Å². The Balaban J connectivity index is 2.98. The van der Waals surface area contributed by atoms with E-state index in [-0.39, 0.29) is 16.9 Å². The molecule has 0 aromatic carbocycles. The van der Waals surface area contributed by atoms with Crippen LogP contribution >= 0.6 is 0 Å². The molecule has 0 spiro atoms. The van der Waals surface area contributed by atoms with Gasteiger partial charge >= 0.3 is 0 Å². The maximum atomic E-state index is 11.8. The smallest absolute Gasteiger partial charge is 0.224 e. The minimum atomic E-state index is -0.360. The van der Waals surface area contributed by atoms with E-state index in [1.165, 1.54) is 0 Å². The molecule has 1 heterocycles. The Hall–Kier alpha value is -0.570. The maximum Gasteiger partial charge on any atom is 0.224 e. The van der Waals surface area contributed by atoms with Crippen molar-refractivity contribution < 1.29 is 4.79 Å². The molecule has 1 amide bonds. The molecule has 1 saturated heterocycles. The maximum absolute atomic E-state index is 11.8. The van der Waals surface area contributed by atoms with Crippen molar-refractivity contribution in [3.05, 3.63) is 0 Å². The average molecular weight is 212 g/mol. The zero-order valence-corrected chi connectivity index (χ0v) is 10.6. The highest BCUT2D eigenvalue weighted by Gasteiger charge is 2.41. The van der Waals surface area contributed by atoms with Crippen molar-refractivity contribution in [2.75, 3.05) is 13.6 Å². The van der Waals surface area contributed by atoms with E-state index in [4.69, 9.17) is 5.73 Å². The van der Waals surface area contributed by atoms with Gasteiger partial charge in [0, 0.05) is 25.6 Å². The van der Waals surface area contributed by atoms with Crippen LogP contribution in [0, 0.1) is 11.3 Å². The van der Waals surface area contributed by atoms with Gasteiger partial charge in [0.25, 0.3) is 0 Å². The lowest BCUT2D eigenvalue weighted by molar-refractivity contribution is -0.130. The Labute approximate surface area is 93.0 Å². The van der Waals surface area contributed by atoms with Crippen LogP contribution in [0.4, 0.5) is 0 Å². The highest BCUT2D eigenvalue weighted by Crippen LogP contribution is 2.39. The first-order valence-electron chi connectivity index (χ1n) is 5.69. The van der Waals surface area contributed by atoms with Crippen molar-refractivity contribution in [2.24, 2.45) is 17.1 Å². The van der Waals surface area contributed by atoms with Crippen molar-refractivity contribution >= 4 is 5.91 Å². The van der Waals surface area contributed by atoms with E-state index in [2.05, 4.69) is 20.8 Å². The standard InChI is InChI=1S/C12H24N2O/c1-9(2)11(3)7-12(4,13)6-10(15)14(5)8-11/h9H,6-8,13H2,1-5H3. The lowest BCUT2D eigenvalue weighted by Gasteiger charge is -2.38. The largest absolute Gasteiger partial charge is 0.345 e. The van der Waals surface area contributed by atoms with Gasteiger partial charge in [-0.15, -0.1) is 0 Å². The Morgan fingerprint density at radius 2 is 1.93 bits per heavy atom. The van der Waals surface area contributed by atoms with Gasteiger partial charge in [-0.2, -0.15) is 0 Å². The molecule has 3 nitrogen and oxygen atoms in total. The molecule has 0 aromatic rings. The van der Waals surface area contributed by atoms with Crippen LogP contribution in [0.1, 0.15) is 40.5 Å². The van der Waals surface area contributed by atoms with E-state index < -0.39 is 0 Å². The van der Waals surface area contributed by atoms with E-state index in [0.29, 0.717) is 12.3 Å². The molecule has 0 saturated carbocycles. The molecule has 1 aliphatic rings. The summed E-state index contributed by atoms with van der Waals surface area (Å²) in [6.45, 7) is 9.46. The molecule has 88 valence electrons. The van der Waals surface area contributed by atoms with Gasteiger partial charge in [-0.3, -0.25) is 4.79 Å². The van der Waals surface area contributed by atoms with Gasteiger partial charge < -0.3 is 10.6 Å². The van der Waals surface area contributed by atoms with Crippen LogP contribution in [0.5, 0.6) is 0 Å². The first-order valence-corrected chi connectivity index (χ1v) is 5.69. The van der Waals surface area contributed by atoms with Crippen molar-refractivity contribution in [3.63, 3.8) is 0 Å². The summed E-state index contributed by atoms with van der Waals surface area (Å²) in [7, 11) is 1.88. The van der Waals surface area contributed by atoms with Crippen molar-refractivity contribution in [3.8, 4) is 0 Å². The minimum absolute atomic E-state index is 0.129. The van der Waals surface area contributed by atoms with Crippen LogP contribution in [-0.4, -0.2) is 29.9 Å². The zero-order chi connectivity index (χ0) is 11.9. The molecule has 0 aromatic heterocycles. The molecular weight excluding hydrogens is 188 g/mol. The summed E-state index contributed by atoms with van der Waals surface area (Å²) in [6.07, 6.45) is 1.37. The molecule has 0 radical (unpaired) electrons. The quantitative estimate of drug-likeness (QED) is 0.718. The summed E-state index contributed by atoms with van der Waals surface area (Å²) in [5.41, 5.74) is 5.97. The minimum Gasteiger partial charge on any atom is -0.345 e. The van der Waals surface area contributed by atoms with Gasteiger partial charge in [0.05, 0.1) is 0 Å². The molecular formula is C12H24N2O. The van der Waals surface area contributed by atoms with Gasteiger partial charge in [-0.25, -0.2) is 0 Å². The Morgan fingerprint density at radius 3 is 2.40 bits per heavy atom. The topological polar surface area (TPSA) is 46.3 Å². The monoisotopic (exact) mass is 212 g/mol. The Bertz CT molecular complexity index is 260. The number of carbonyl (C=O) groups excluding carboxylic acids is 1. The highest BCUT2D eigenvalue weighted by molar-refractivity contribution is 5.77. The third-order valence-corrected chi connectivity index (χ3v) is 3.78. The number of hydrogen-bond acceptors (Lipinski definition) is 2. The molecule has 1 rings (SSSR count). The third kappa shape index (κ3) is 2.71. The first-order chi connectivity index (χ1) is 6.66. The fraction of sp³-hybridized carbons (Fsp3) is 0.917. The number of nitrogens with zero attached hydrogens (tertiary/aromatic N) is 1. The second-order valence-electron chi connectivity index (χ2n) is 6.07. The molecule has 0 aliphatic carbocycles. The normalized spacial score (nSPS) is 38.3. The summed E-state index contributed by atoms with van der Waals surface area (Å²) < 4.78 is 0. The molecule has 2 unspecified atom stereocenters. The molecule has 1 aliphatic heterocycles. The average Bonchev–Trinajstić information content (AvgIpc) is 2.07. The number of hydrogen-bond donors (Lipinski definition) is 1. The highest BCUT2D eigenvalue weighted by atomic mass is 16.2. The second kappa shape index (κ2) is 3.78. The van der Waals surface area contributed by atoms with E-state index in [0.717, 1.165) is 13.0 Å². The molecule has 15 heavy (non-hydrogen) atoms. The van der Waals surface area contributed by atoms with E-state index in [9.17, 15) is 4.79 Å². The van der Waals surface area contributed by atoms with Crippen LogP contribution in [-0.2, 0) is 4.79 Å². The molecule has 2 atom stereocenters. The number of likely N-dealkylation sites (tertiary alicyclic amines) is 1. The lowest BCUT2D eigenvalue weighted by Crippen LogP contribution is -2.43. The SMILES string of the molecule is CC(C)C1(C)CN(C)C(=O)CC(C)(N)C1. The van der Waals surface area contributed by atoms with E-state index in [1.807, 2.05) is 18.9 Å². The fourth-order valence-corrected chi connectivity index (χ4v) is 2.54. The zero-order valence-electron chi connectivity index (χ0n) is 10.6. The van der Waals surface area contributed by atoms with Crippen LogP contribution in [0.15, 0.2) is 0 Å². The predicted octanol–water partition coefficient (Wildman–Crippen LogP) is 1.62. The summed E-state index contributed by atoms with van der Waals surface area (Å²) >= 11 is 0. The molecule has 2 N–H and O–H groups in total. The number of nitrogens with two attached hydrogens (primary N) is 1. The predicted molar refractivity (Wildman–Crippen MR) is 62.4 cm³/mol. The van der Waals surface area contributed by atoms with Gasteiger partial charge in [0.2, 0.25) is 5.91 Å². The van der Waals surface area contributed by atoms with Crippen LogP contribution in [0.25, 0.3) is 0 Å². The fourth-order valence-electron chi connectivity index (χ4n) is 2.54. The van der Waals surface area contributed by atoms with E-state index >= 15 is 0 Å². The summed E-state index contributed by atoms with van der Waals surface area (Å²) in [6, 6.07) is 0. The van der Waals surface area contributed by atoms with Crippen molar-refractivity contribution in [2.45, 2.75) is 46.1 Å². The van der Waals surface area contributed by atoms with Gasteiger partial charge in [0.1, 0.15) is 0 Å². The van der Waals surface area contributed by atoms with Crippen molar-refractivity contribution in [1.82, 2.24) is 4.90 Å². The number of rotatable bonds is 1. The summed E-state index contributed by atoms with van der Waals surface area (Å²) in [5, 5.41) is 0. The lowest BCUT2D eigenvalue weighted by atomic mass is 9.71. The Kier molecular flexibility index (Phi) is 3.15. The van der Waals surface area contributed by atoms with Crippen molar-refractivity contribution in [1.29, 1.82) is 0 Å². The second-order valence-corrected chi connectivity index (χ2v) is 6.07. The molecule has 3 heteroatoms. The molecule has 1 fully saturated rings. The van der Waals surface area contributed by atoms with Gasteiger partial charge in [-0.05, 0) is 24.7 Å². The third-order valence-electron chi connectivity index (χ3n) is 3.78. The van der Waals surface area contributed by atoms with Gasteiger partial charge in [-0.1, -0.05) is 20.8 Å². The number of amides is 1.